The number of likely N-dealkylation sites (tertiary alicyclic amines) is 1. The lowest BCUT2D eigenvalue weighted by atomic mass is 9.85. The molecule has 2 N–H and O–H groups in total. The van der Waals surface area contributed by atoms with Crippen molar-refractivity contribution in [3.8, 4) is 12.3 Å². The van der Waals surface area contributed by atoms with Gasteiger partial charge in [-0.15, -0.1) is 12.3 Å². The summed E-state index contributed by atoms with van der Waals surface area (Å²) in [4.78, 5) is 24.4. The van der Waals surface area contributed by atoms with Crippen LogP contribution in [0, 0.1) is 24.2 Å². The van der Waals surface area contributed by atoms with Crippen molar-refractivity contribution in [2.75, 3.05) is 19.6 Å². The van der Waals surface area contributed by atoms with E-state index in [1.165, 1.54) is 0 Å². The first kappa shape index (κ1) is 15.4. The molecule has 0 aromatic carbocycles. The molecule has 106 valence electrons. The Bertz CT molecular complexity index is 362. The van der Waals surface area contributed by atoms with Gasteiger partial charge >= 0.3 is 12.0 Å². The van der Waals surface area contributed by atoms with Crippen molar-refractivity contribution in [2.24, 2.45) is 11.8 Å². The number of terminal acetylenes is 1. The second-order valence-corrected chi connectivity index (χ2v) is 5.11. The molecular formula is C14H22N2O3. The minimum absolute atomic E-state index is 0.0949. The van der Waals surface area contributed by atoms with Crippen molar-refractivity contribution >= 4 is 12.0 Å². The highest BCUT2D eigenvalue weighted by Crippen LogP contribution is 2.26. The zero-order valence-electron chi connectivity index (χ0n) is 11.4. The number of carbonyl (C=O) groups is 2. The molecule has 1 rings (SSSR count). The Balaban J connectivity index is 2.43. The van der Waals surface area contributed by atoms with E-state index in [9.17, 15) is 9.59 Å². The molecule has 0 saturated carbocycles. The van der Waals surface area contributed by atoms with Gasteiger partial charge in [-0.2, -0.15) is 0 Å². The predicted octanol–water partition coefficient (Wildman–Crippen LogP) is 1.54. The Hall–Kier alpha value is -1.70. The van der Waals surface area contributed by atoms with Crippen LogP contribution in [0.15, 0.2) is 0 Å². The van der Waals surface area contributed by atoms with Gasteiger partial charge in [0.15, 0.2) is 0 Å². The highest BCUT2D eigenvalue weighted by atomic mass is 16.4. The van der Waals surface area contributed by atoms with Crippen molar-refractivity contribution in [2.45, 2.75) is 32.6 Å². The molecule has 19 heavy (non-hydrogen) atoms. The first-order valence-corrected chi connectivity index (χ1v) is 6.72. The average Bonchev–Trinajstić information content (AvgIpc) is 2.38. The van der Waals surface area contributed by atoms with E-state index in [-0.39, 0.29) is 24.3 Å². The molecule has 1 fully saturated rings. The van der Waals surface area contributed by atoms with E-state index in [0.29, 0.717) is 19.5 Å². The zero-order valence-corrected chi connectivity index (χ0v) is 11.4. The number of amides is 2. The summed E-state index contributed by atoms with van der Waals surface area (Å²) in [5, 5.41) is 11.6. The SMILES string of the molecule is C#CCCNC(=O)N1CCCC(C(C)CC(=O)O)C1. The smallest absolute Gasteiger partial charge is 0.317 e. The summed E-state index contributed by atoms with van der Waals surface area (Å²) in [5.74, 6) is 2.06. The van der Waals surface area contributed by atoms with Crippen LogP contribution in [0.3, 0.4) is 0 Å². The number of nitrogens with zero attached hydrogens (tertiary/aromatic N) is 1. The predicted molar refractivity (Wildman–Crippen MR) is 72.6 cm³/mol. The van der Waals surface area contributed by atoms with Crippen molar-refractivity contribution in [3.63, 3.8) is 0 Å². The van der Waals surface area contributed by atoms with Crippen LogP contribution in [0.4, 0.5) is 4.79 Å². The van der Waals surface area contributed by atoms with Crippen LogP contribution in [-0.4, -0.2) is 41.6 Å². The molecule has 0 aliphatic carbocycles. The molecule has 0 bridgehead atoms. The van der Waals surface area contributed by atoms with Crippen LogP contribution < -0.4 is 5.32 Å². The van der Waals surface area contributed by atoms with Crippen molar-refractivity contribution in [3.05, 3.63) is 0 Å². The van der Waals surface area contributed by atoms with E-state index >= 15 is 0 Å². The molecule has 1 saturated heterocycles. The van der Waals surface area contributed by atoms with Gasteiger partial charge < -0.3 is 15.3 Å². The minimum Gasteiger partial charge on any atom is -0.481 e. The maximum atomic E-state index is 11.9. The lowest BCUT2D eigenvalue weighted by Gasteiger charge is -2.35. The van der Waals surface area contributed by atoms with Gasteiger partial charge in [-0.25, -0.2) is 4.79 Å². The van der Waals surface area contributed by atoms with Gasteiger partial charge in [0.25, 0.3) is 0 Å². The van der Waals surface area contributed by atoms with Crippen molar-refractivity contribution in [1.82, 2.24) is 10.2 Å². The van der Waals surface area contributed by atoms with Gasteiger partial charge in [-0.1, -0.05) is 6.92 Å². The van der Waals surface area contributed by atoms with Gasteiger partial charge in [0.2, 0.25) is 0 Å². The molecule has 2 amide bonds. The molecule has 0 radical (unpaired) electrons. The standard InChI is InChI=1S/C14H22N2O3/c1-3-4-7-15-14(19)16-8-5-6-12(10-16)11(2)9-13(17)18/h1,11-12H,4-10H2,2H3,(H,15,19)(H,17,18). The Morgan fingerprint density at radius 2 is 2.32 bits per heavy atom. The summed E-state index contributed by atoms with van der Waals surface area (Å²) in [6.45, 7) is 3.80. The lowest BCUT2D eigenvalue weighted by molar-refractivity contribution is -0.138. The maximum Gasteiger partial charge on any atom is 0.317 e. The summed E-state index contributed by atoms with van der Waals surface area (Å²) >= 11 is 0. The van der Waals surface area contributed by atoms with E-state index in [0.717, 1.165) is 19.4 Å². The first-order valence-electron chi connectivity index (χ1n) is 6.72. The fourth-order valence-electron chi connectivity index (χ4n) is 2.45. The molecule has 5 nitrogen and oxygen atoms in total. The molecule has 0 spiro atoms. The van der Waals surface area contributed by atoms with Crippen LogP contribution in [0.25, 0.3) is 0 Å². The second kappa shape index (κ2) is 7.67. The Kier molecular flexibility index (Phi) is 6.20. The number of carboxylic acids is 1. The molecule has 1 aliphatic rings. The van der Waals surface area contributed by atoms with Gasteiger partial charge in [-0.3, -0.25) is 4.79 Å². The molecule has 0 aromatic heterocycles. The number of piperidine rings is 1. The minimum atomic E-state index is -0.775. The Labute approximate surface area is 114 Å². The third-order valence-corrected chi connectivity index (χ3v) is 3.59. The zero-order chi connectivity index (χ0) is 14.3. The summed E-state index contributed by atoms with van der Waals surface area (Å²) in [7, 11) is 0. The van der Waals surface area contributed by atoms with Gasteiger partial charge in [0.1, 0.15) is 0 Å². The molecule has 1 heterocycles. The number of aliphatic carboxylic acids is 1. The molecular weight excluding hydrogens is 244 g/mol. The number of urea groups is 1. The molecule has 0 aromatic rings. The van der Waals surface area contributed by atoms with Crippen molar-refractivity contribution in [1.29, 1.82) is 0 Å². The Morgan fingerprint density at radius 3 is 2.95 bits per heavy atom. The molecule has 1 aliphatic heterocycles. The van der Waals surface area contributed by atoms with Gasteiger partial charge in [0.05, 0.1) is 0 Å². The largest absolute Gasteiger partial charge is 0.481 e. The van der Waals surface area contributed by atoms with Crippen LogP contribution in [0.2, 0.25) is 0 Å². The summed E-state index contributed by atoms with van der Waals surface area (Å²) in [6.07, 6.45) is 7.74. The molecule has 2 unspecified atom stereocenters. The van der Waals surface area contributed by atoms with Gasteiger partial charge in [-0.05, 0) is 24.7 Å². The van der Waals surface area contributed by atoms with Crippen molar-refractivity contribution < 1.29 is 14.7 Å². The summed E-state index contributed by atoms with van der Waals surface area (Å²) in [6, 6.07) is -0.0949. The number of hydrogen-bond acceptors (Lipinski definition) is 2. The fourth-order valence-corrected chi connectivity index (χ4v) is 2.45. The van der Waals surface area contributed by atoms with E-state index < -0.39 is 5.97 Å². The third kappa shape index (κ3) is 5.21. The Morgan fingerprint density at radius 1 is 1.58 bits per heavy atom. The normalized spacial score (nSPS) is 20.4. The maximum absolute atomic E-state index is 11.9. The van der Waals surface area contributed by atoms with E-state index in [1.54, 1.807) is 4.90 Å². The number of rotatable bonds is 5. The van der Waals surface area contributed by atoms with Crippen LogP contribution in [-0.2, 0) is 4.79 Å². The number of carboxylic acid groups (broad SMARTS) is 1. The first-order chi connectivity index (χ1) is 9.04. The second-order valence-electron chi connectivity index (χ2n) is 5.11. The van der Waals surface area contributed by atoms with E-state index in [1.807, 2.05) is 6.92 Å². The topological polar surface area (TPSA) is 69.6 Å². The average molecular weight is 266 g/mol. The molecule has 5 heteroatoms. The fraction of sp³-hybridized carbons (Fsp3) is 0.714. The molecule has 2 atom stereocenters. The van der Waals surface area contributed by atoms with E-state index in [2.05, 4.69) is 11.2 Å². The van der Waals surface area contributed by atoms with Gasteiger partial charge in [0, 0.05) is 32.5 Å². The third-order valence-electron chi connectivity index (χ3n) is 3.59. The quantitative estimate of drug-likeness (QED) is 0.586. The number of carbonyl (C=O) groups excluding carboxylic acids is 1. The van der Waals surface area contributed by atoms with Crippen LogP contribution in [0.5, 0.6) is 0 Å². The summed E-state index contributed by atoms with van der Waals surface area (Å²) in [5.41, 5.74) is 0. The number of hydrogen-bond donors (Lipinski definition) is 2. The highest BCUT2D eigenvalue weighted by molar-refractivity contribution is 5.74. The highest BCUT2D eigenvalue weighted by Gasteiger charge is 2.28. The van der Waals surface area contributed by atoms with Crippen LogP contribution >= 0.6 is 0 Å². The van der Waals surface area contributed by atoms with E-state index in [4.69, 9.17) is 11.5 Å². The van der Waals surface area contributed by atoms with Crippen LogP contribution in [0.1, 0.15) is 32.6 Å². The summed E-state index contributed by atoms with van der Waals surface area (Å²) < 4.78 is 0. The number of nitrogens with one attached hydrogen (secondary N) is 1. The lowest BCUT2D eigenvalue weighted by Crippen LogP contribution is -2.47. The monoisotopic (exact) mass is 266 g/mol.